The average Bonchev–Trinajstić information content (AvgIpc) is 2.77. The molecule has 0 amide bonds. The largest absolute Gasteiger partial charge is 0.469 e. The third kappa shape index (κ3) is 5.62. The van der Waals surface area contributed by atoms with Crippen LogP contribution in [0, 0.1) is 5.82 Å². The molecule has 1 aromatic carbocycles. The van der Waals surface area contributed by atoms with E-state index in [-0.39, 0.29) is 32.5 Å². The minimum absolute atomic E-state index is 0.0465. The minimum atomic E-state index is -4.94. The number of alkyl halides is 3. The molecule has 0 saturated heterocycles. The van der Waals surface area contributed by atoms with E-state index in [0.717, 1.165) is 36.5 Å². The molecule has 0 aliphatic rings. The van der Waals surface area contributed by atoms with Gasteiger partial charge in [0.2, 0.25) is 5.88 Å². The van der Waals surface area contributed by atoms with Crippen molar-refractivity contribution in [3.05, 3.63) is 86.1 Å². The Bertz CT molecular complexity index is 1400. The third-order valence-corrected chi connectivity index (χ3v) is 6.50. The van der Waals surface area contributed by atoms with Gasteiger partial charge in [0.05, 0.1) is 15.6 Å². The van der Waals surface area contributed by atoms with Gasteiger partial charge in [0.1, 0.15) is 17.6 Å². The van der Waals surface area contributed by atoms with Crippen molar-refractivity contribution in [3.63, 3.8) is 0 Å². The van der Waals surface area contributed by atoms with Gasteiger partial charge in [-0.25, -0.2) is 18.7 Å². The van der Waals surface area contributed by atoms with E-state index < -0.39 is 34.6 Å². The second-order valence-corrected chi connectivity index (χ2v) is 9.04. The standard InChI is InChI=1S/C23H20ClF4N3O3S/c1-5-16(12(2)3)34-21-17(7-6-8-29-21)35-18-10-15(14(25)9-13(18)24)31-20(32)11-19(23(26,27)28)30(4)22(31)33/h6-11,16H,2,5H2,1,3-4H3. The molecule has 6 nitrogen and oxygen atoms in total. The number of ether oxygens (including phenoxy) is 1. The number of benzene rings is 1. The molecule has 35 heavy (non-hydrogen) atoms. The quantitative estimate of drug-likeness (QED) is 0.293. The van der Waals surface area contributed by atoms with Crippen LogP contribution in [-0.2, 0) is 13.2 Å². The highest BCUT2D eigenvalue weighted by atomic mass is 35.5. The van der Waals surface area contributed by atoms with Gasteiger partial charge >= 0.3 is 11.9 Å². The van der Waals surface area contributed by atoms with Gasteiger partial charge in [0, 0.05) is 24.2 Å². The second-order valence-electron chi connectivity index (χ2n) is 7.55. The first-order valence-corrected chi connectivity index (χ1v) is 11.4. The summed E-state index contributed by atoms with van der Waals surface area (Å²) in [5.41, 5.74) is -3.91. The molecule has 3 aromatic rings. The van der Waals surface area contributed by atoms with E-state index in [0.29, 0.717) is 15.9 Å². The van der Waals surface area contributed by atoms with Crippen molar-refractivity contribution in [3.8, 4) is 11.6 Å². The zero-order valence-corrected chi connectivity index (χ0v) is 20.4. The molecule has 12 heteroatoms. The highest BCUT2D eigenvalue weighted by molar-refractivity contribution is 7.99. The molecule has 0 aliphatic heterocycles. The normalized spacial score (nSPS) is 12.5. The van der Waals surface area contributed by atoms with Gasteiger partial charge in [-0.3, -0.25) is 9.36 Å². The van der Waals surface area contributed by atoms with Crippen molar-refractivity contribution >= 4 is 23.4 Å². The fourth-order valence-corrected chi connectivity index (χ4v) is 4.38. The van der Waals surface area contributed by atoms with Crippen LogP contribution in [0.1, 0.15) is 26.0 Å². The zero-order chi connectivity index (χ0) is 26.1. The van der Waals surface area contributed by atoms with E-state index in [2.05, 4.69) is 11.6 Å². The highest BCUT2D eigenvalue weighted by Crippen LogP contribution is 2.39. The van der Waals surface area contributed by atoms with Crippen molar-refractivity contribution < 1.29 is 22.3 Å². The SMILES string of the molecule is C=C(C)C(CC)Oc1ncccc1Sc1cc(-n2c(=O)cc(C(F)(F)F)n(C)c2=O)c(F)cc1Cl. The summed E-state index contributed by atoms with van der Waals surface area (Å²) in [5.74, 6) is -0.800. The molecule has 3 rings (SSSR count). The second kappa shape index (κ2) is 10.3. The van der Waals surface area contributed by atoms with Gasteiger partial charge in [0.25, 0.3) is 5.56 Å². The van der Waals surface area contributed by atoms with Crippen molar-refractivity contribution in [2.24, 2.45) is 7.05 Å². The minimum Gasteiger partial charge on any atom is -0.469 e. The molecule has 0 saturated carbocycles. The predicted octanol–water partition coefficient (Wildman–Crippen LogP) is 5.63. The van der Waals surface area contributed by atoms with Crippen LogP contribution < -0.4 is 16.0 Å². The number of hydrogen-bond donors (Lipinski definition) is 0. The Balaban J connectivity index is 2.11. The Morgan fingerprint density at radius 2 is 1.94 bits per heavy atom. The summed E-state index contributed by atoms with van der Waals surface area (Å²) >= 11 is 7.24. The Morgan fingerprint density at radius 1 is 1.26 bits per heavy atom. The van der Waals surface area contributed by atoms with E-state index in [4.69, 9.17) is 16.3 Å². The lowest BCUT2D eigenvalue weighted by Crippen LogP contribution is -2.41. The molecule has 0 aliphatic carbocycles. The van der Waals surface area contributed by atoms with Crippen LogP contribution in [0.25, 0.3) is 5.69 Å². The molecular formula is C23H20ClF4N3O3S. The molecule has 1 atom stereocenters. The van der Waals surface area contributed by atoms with E-state index >= 15 is 0 Å². The van der Waals surface area contributed by atoms with E-state index in [1.54, 1.807) is 12.1 Å². The first-order valence-electron chi connectivity index (χ1n) is 10.2. The first-order chi connectivity index (χ1) is 16.3. The van der Waals surface area contributed by atoms with Crippen LogP contribution in [0.5, 0.6) is 5.88 Å². The molecule has 0 bridgehead atoms. The van der Waals surface area contributed by atoms with E-state index in [9.17, 15) is 27.2 Å². The van der Waals surface area contributed by atoms with Crippen LogP contribution in [0.15, 0.2) is 68.1 Å². The topological polar surface area (TPSA) is 66.1 Å². The lowest BCUT2D eigenvalue weighted by atomic mass is 10.1. The summed E-state index contributed by atoms with van der Waals surface area (Å²) in [7, 11) is 0.843. The predicted molar refractivity (Wildman–Crippen MR) is 125 cm³/mol. The summed E-state index contributed by atoms with van der Waals surface area (Å²) in [6, 6.07) is 5.55. The Hall–Kier alpha value is -3.05. The van der Waals surface area contributed by atoms with Crippen LogP contribution in [-0.4, -0.2) is 20.2 Å². The first kappa shape index (κ1) is 26.6. The molecule has 2 aromatic heterocycles. The Morgan fingerprint density at radius 3 is 2.54 bits per heavy atom. The molecule has 0 spiro atoms. The zero-order valence-electron chi connectivity index (χ0n) is 18.8. The average molecular weight is 530 g/mol. The van der Waals surface area contributed by atoms with Gasteiger partial charge in [-0.2, -0.15) is 13.2 Å². The maximum Gasteiger partial charge on any atom is 0.431 e. The molecular weight excluding hydrogens is 510 g/mol. The third-order valence-electron chi connectivity index (χ3n) is 4.98. The number of halogens is 5. The van der Waals surface area contributed by atoms with Gasteiger partial charge in [0.15, 0.2) is 0 Å². The Labute approximate surface area is 206 Å². The fraction of sp³-hybridized carbons (Fsp3) is 0.261. The van der Waals surface area contributed by atoms with E-state index in [1.807, 2.05) is 13.8 Å². The Kier molecular flexibility index (Phi) is 7.80. The summed E-state index contributed by atoms with van der Waals surface area (Å²) in [4.78, 5) is 30.0. The van der Waals surface area contributed by atoms with Crippen LogP contribution in [0.4, 0.5) is 17.6 Å². The molecule has 186 valence electrons. The lowest BCUT2D eigenvalue weighted by molar-refractivity contribution is -0.144. The monoisotopic (exact) mass is 529 g/mol. The van der Waals surface area contributed by atoms with Crippen molar-refractivity contribution in [1.82, 2.24) is 14.1 Å². The van der Waals surface area contributed by atoms with Gasteiger partial charge in [-0.1, -0.05) is 36.9 Å². The lowest BCUT2D eigenvalue weighted by Gasteiger charge is -2.19. The summed E-state index contributed by atoms with van der Waals surface area (Å²) in [6.07, 6.45) is -3.09. The van der Waals surface area contributed by atoms with Gasteiger partial charge < -0.3 is 4.74 Å². The van der Waals surface area contributed by atoms with Crippen LogP contribution in [0.3, 0.4) is 0 Å². The van der Waals surface area contributed by atoms with Crippen molar-refractivity contribution in [2.45, 2.75) is 42.3 Å². The van der Waals surface area contributed by atoms with Crippen molar-refractivity contribution in [1.29, 1.82) is 0 Å². The van der Waals surface area contributed by atoms with Gasteiger partial charge in [-0.15, -0.1) is 0 Å². The maximum atomic E-state index is 14.8. The molecule has 0 fully saturated rings. The maximum absolute atomic E-state index is 14.8. The number of aromatic nitrogens is 3. The summed E-state index contributed by atoms with van der Waals surface area (Å²) in [6.45, 7) is 7.63. The molecule has 2 heterocycles. The summed E-state index contributed by atoms with van der Waals surface area (Å²) < 4.78 is 60.8. The van der Waals surface area contributed by atoms with Crippen LogP contribution in [0.2, 0.25) is 5.02 Å². The smallest absolute Gasteiger partial charge is 0.431 e. The van der Waals surface area contributed by atoms with Gasteiger partial charge in [-0.05, 0) is 43.2 Å². The molecule has 0 N–H and O–H groups in total. The highest BCUT2D eigenvalue weighted by Gasteiger charge is 2.35. The number of rotatable bonds is 7. The molecule has 0 radical (unpaired) electrons. The van der Waals surface area contributed by atoms with E-state index in [1.165, 1.54) is 6.20 Å². The summed E-state index contributed by atoms with van der Waals surface area (Å²) in [5, 5.41) is -0.0465. The molecule has 1 unspecified atom stereocenters. The van der Waals surface area contributed by atoms with Crippen LogP contribution >= 0.6 is 23.4 Å². The number of hydrogen-bond acceptors (Lipinski definition) is 5. The number of pyridine rings is 1. The van der Waals surface area contributed by atoms with Crippen molar-refractivity contribution in [2.75, 3.05) is 0 Å². The fourth-order valence-electron chi connectivity index (χ4n) is 3.22. The number of nitrogens with zero attached hydrogens (tertiary/aromatic N) is 3.